The molecule has 0 radical (unpaired) electrons. The minimum Gasteiger partial charge on any atom is -0.382 e. The maximum Gasteiger partial charge on any atom is 0.151 e. The van der Waals surface area contributed by atoms with Crippen LogP contribution in [0.5, 0.6) is 0 Å². The van der Waals surface area contributed by atoms with Crippen LogP contribution in [-0.4, -0.2) is 65.2 Å². The van der Waals surface area contributed by atoms with Crippen LogP contribution in [0.25, 0.3) is 5.70 Å². The number of nitrogens with two attached hydrogens (primary N) is 1. The molecule has 2 aromatic heterocycles. The van der Waals surface area contributed by atoms with E-state index in [-0.39, 0.29) is 0 Å². The number of rotatable bonds is 6. The second-order valence-electron chi connectivity index (χ2n) is 8.68. The van der Waals surface area contributed by atoms with Crippen molar-refractivity contribution in [2.24, 2.45) is 0 Å². The summed E-state index contributed by atoms with van der Waals surface area (Å²) in [4.78, 5) is 18.0. The summed E-state index contributed by atoms with van der Waals surface area (Å²) in [6.45, 7) is 6.35. The second kappa shape index (κ2) is 10.6. The number of piperidine rings is 2. The fraction of sp³-hybridized carbons (Fsp3) is 0.522. The highest BCUT2D eigenvalue weighted by molar-refractivity contribution is 9.10. The number of nitrogens with one attached hydrogen (secondary N) is 2. The van der Waals surface area contributed by atoms with Crippen LogP contribution in [0.4, 0.5) is 17.2 Å². The lowest BCUT2D eigenvalue weighted by molar-refractivity contribution is 0.219. The quantitative estimate of drug-likeness (QED) is 0.555. The molecule has 2 saturated heterocycles. The van der Waals surface area contributed by atoms with Crippen LogP contribution in [0.1, 0.15) is 38.3 Å². The molecule has 0 aliphatic carbocycles. The second-order valence-corrected chi connectivity index (χ2v) is 9.49. The number of hydrogen-bond acceptors (Lipinski definition) is 8. The monoisotopic (exact) mass is 500 g/mol. The predicted molar refractivity (Wildman–Crippen MR) is 135 cm³/mol. The first kappa shape index (κ1) is 22.9. The summed E-state index contributed by atoms with van der Waals surface area (Å²) in [5.74, 6) is 0.389. The average molecular weight is 501 g/mol. The summed E-state index contributed by atoms with van der Waals surface area (Å²) in [5, 5.41) is 7.44. The third-order valence-corrected chi connectivity index (χ3v) is 6.72. The van der Waals surface area contributed by atoms with Crippen molar-refractivity contribution in [3.63, 3.8) is 0 Å². The normalized spacial score (nSPS) is 21.0. The number of nitrogen functional groups attached to an aromatic ring is 1. The number of nitrogens with zero attached hydrogens (tertiary/aromatic N) is 5. The van der Waals surface area contributed by atoms with E-state index in [1.54, 1.807) is 6.20 Å². The van der Waals surface area contributed by atoms with Gasteiger partial charge in [0.05, 0.1) is 29.5 Å². The molecule has 0 bridgehead atoms. The summed E-state index contributed by atoms with van der Waals surface area (Å²) in [7, 11) is 2.21. The Morgan fingerprint density at radius 3 is 2.78 bits per heavy atom. The van der Waals surface area contributed by atoms with Crippen molar-refractivity contribution in [1.29, 1.82) is 0 Å². The molecule has 4 rings (SSSR count). The number of allylic oxidation sites excluding steroid dienone is 1. The SMILES string of the molecule is CC=C(Nc1cnccc1N1CCCC(NC2CCN(C)CC2)C1)c1nc(Br)cnc1N. The van der Waals surface area contributed by atoms with Gasteiger partial charge in [-0.1, -0.05) is 6.08 Å². The van der Waals surface area contributed by atoms with E-state index in [2.05, 4.69) is 64.4 Å². The van der Waals surface area contributed by atoms with Crippen LogP contribution in [0.2, 0.25) is 0 Å². The van der Waals surface area contributed by atoms with E-state index in [1.165, 1.54) is 38.8 Å². The van der Waals surface area contributed by atoms with Crippen LogP contribution in [0.3, 0.4) is 0 Å². The topological polar surface area (TPSA) is 95.2 Å². The van der Waals surface area contributed by atoms with E-state index in [4.69, 9.17) is 5.73 Å². The molecule has 2 aliphatic rings. The average Bonchev–Trinajstić information content (AvgIpc) is 2.81. The van der Waals surface area contributed by atoms with E-state index < -0.39 is 0 Å². The van der Waals surface area contributed by atoms with E-state index >= 15 is 0 Å². The van der Waals surface area contributed by atoms with Gasteiger partial charge in [-0.15, -0.1) is 0 Å². The lowest BCUT2D eigenvalue weighted by atomic mass is 10.00. The van der Waals surface area contributed by atoms with Crippen molar-refractivity contribution in [2.45, 2.75) is 44.7 Å². The first-order chi connectivity index (χ1) is 15.5. The molecule has 8 nitrogen and oxygen atoms in total. The molecule has 0 amide bonds. The molecule has 2 aliphatic heterocycles. The predicted octanol–water partition coefficient (Wildman–Crippen LogP) is 3.34. The van der Waals surface area contributed by atoms with E-state index in [1.807, 2.05) is 25.4 Å². The Morgan fingerprint density at radius 2 is 2.00 bits per heavy atom. The lowest BCUT2D eigenvalue weighted by Crippen LogP contribution is -2.51. The molecule has 4 heterocycles. The molecular weight excluding hydrogens is 468 g/mol. The van der Waals surface area contributed by atoms with Crippen molar-refractivity contribution in [3.8, 4) is 0 Å². The van der Waals surface area contributed by atoms with Crippen LogP contribution in [0, 0.1) is 0 Å². The number of aromatic nitrogens is 3. The highest BCUT2D eigenvalue weighted by atomic mass is 79.9. The Balaban J connectivity index is 1.48. The van der Waals surface area contributed by atoms with E-state index in [9.17, 15) is 0 Å². The number of anilines is 3. The smallest absolute Gasteiger partial charge is 0.151 e. The fourth-order valence-corrected chi connectivity index (χ4v) is 4.87. The standard InChI is InChI=1S/C23H33BrN8/c1-3-18(22-23(25)27-14-21(24)30-22)29-19-13-26-9-6-20(19)32-10-4-5-17(15-32)28-16-7-11-31(2)12-8-16/h3,6,9,13-14,16-17,28-29H,4-5,7-8,10-12,15H2,1-2H3,(H2,25,27). The summed E-state index contributed by atoms with van der Waals surface area (Å²) in [6.07, 6.45) is 12.2. The Bertz CT molecular complexity index is 941. The van der Waals surface area contributed by atoms with Gasteiger partial charge in [0.1, 0.15) is 10.3 Å². The van der Waals surface area contributed by atoms with Crippen LogP contribution < -0.4 is 21.3 Å². The molecule has 4 N–H and O–H groups in total. The molecule has 0 saturated carbocycles. The maximum atomic E-state index is 6.10. The van der Waals surface area contributed by atoms with Crippen LogP contribution >= 0.6 is 15.9 Å². The molecule has 2 fully saturated rings. The third kappa shape index (κ3) is 5.57. The molecule has 1 unspecified atom stereocenters. The van der Waals surface area contributed by atoms with Crippen molar-refractivity contribution < 1.29 is 0 Å². The lowest BCUT2D eigenvalue weighted by Gasteiger charge is -2.39. The Labute approximate surface area is 198 Å². The zero-order chi connectivity index (χ0) is 22.5. The van der Waals surface area contributed by atoms with Crippen molar-refractivity contribution in [3.05, 3.63) is 41.0 Å². The summed E-state index contributed by atoms with van der Waals surface area (Å²) in [5.41, 5.74) is 9.63. The van der Waals surface area contributed by atoms with Gasteiger partial charge in [-0.3, -0.25) is 4.98 Å². The molecule has 9 heteroatoms. The number of pyridine rings is 1. The molecule has 0 spiro atoms. The molecule has 2 aromatic rings. The number of halogens is 1. The van der Waals surface area contributed by atoms with Crippen LogP contribution in [-0.2, 0) is 0 Å². The van der Waals surface area contributed by atoms with Gasteiger partial charge < -0.3 is 26.2 Å². The van der Waals surface area contributed by atoms with Crippen molar-refractivity contribution in [2.75, 3.05) is 49.2 Å². The number of hydrogen-bond donors (Lipinski definition) is 3. The molecule has 172 valence electrons. The summed E-state index contributed by atoms with van der Waals surface area (Å²) >= 11 is 3.39. The van der Waals surface area contributed by atoms with Gasteiger partial charge in [-0.25, -0.2) is 9.97 Å². The molecule has 0 aromatic carbocycles. The van der Waals surface area contributed by atoms with E-state index in [0.717, 1.165) is 30.2 Å². The Morgan fingerprint density at radius 1 is 1.19 bits per heavy atom. The van der Waals surface area contributed by atoms with Gasteiger partial charge in [-0.05, 0) is 74.7 Å². The van der Waals surface area contributed by atoms with Crippen LogP contribution in [0.15, 0.2) is 35.3 Å². The number of likely N-dealkylation sites (tertiary alicyclic amines) is 1. The first-order valence-electron chi connectivity index (χ1n) is 11.4. The first-order valence-corrected chi connectivity index (χ1v) is 12.2. The van der Waals surface area contributed by atoms with E-state index in [0.29, 0.717) is 28.2 Å². The fourth-order valence-electron chi connectivity index (χ4n) is 4.59. The summed E-state index contributed by atoms with van der Waals surface area (Å²) < 4.78 is 0.646. The van der Waals surface area contributed by atoms with Gasteiger partial charge in [0, 0.05) is 31.4 Å². The van der Waals surface area contributed by atoms with Gasteiger partial charge in [-0.2, -0.15) is 0 Å². The van der Waals surface area contributed by atoms with Gasteiger partial charge in [0.2, 0.25) is 0 Å². The minimum atomic E-state index is 0.389. The highest BCUT2D eigenvalue weighted by Crippen LogP contribution is 2.31. The maximum absolute atomic E-state index is 6.10. The Hall–Kier alpha value is -2.23. The zero-order valence-electron chi connectivity index (χ0n) is 18.9. The van der Waals surface area contributed by atoms with Crippen molar-refractivity contribution >= 4 is 38.8 Å². The summed E-state index contributed by atoms with van der Waals surface area (Å²) in [6, 6.07) is 3.22. The molecular formula is C23H33BrN8. The Kier molecular flexibility index (Phi) is 7.59. The zero-order valence-corrected chi connectivity index (χ0v) is 20.5. The van der Waals surface area contributed by atoms with Gasteiger partial charge in [0.15, 0.2) is 5.82 Å². The van der Waals surface area contributed by atoms with Gasteiger partial charge in [0.25, 0.3) is 0 Å². The minimum absolute atomic E-state index is 0.389. The third-order valence-electron chi connectivity index (χ3n) is 6.33. The molecule has 32 heavy (non-hydrogen) atoms. The van der Waals surface area contributed by atoms with Crippen molar-refractivity contribution in [1.82, 2.24) is 25.2 Å². The largest absolute Gasteiger partial charge is 0.382 e. The highest BCUT2D eigenvalue weighted by Gasteiger charge is 2.26. The van der Waals surface area contributed by atoms with Gasteiger partial charge >= 0.3 is 0 Å². The molecule has 1 atom stereocenters.